The van der Waals surface area contributed by atoms with Crippen molar-refractivity contribution in [2.45, 2.75) is 92.8 Å². The first-order chi connectivity index (χ1) is 21.2. The van der Waals surface area contributed by atoms with Crippen LogP contribution in [0.1, 0.15) is 77.6 Å². The molecular formula is C33H48N8O4. The molecule has 0 saturated heterocycles. The van der Waals surface area contributed by atoms with E-state index < -0.39 is 23.4 Å². The number of rotatable bonds is 13. The number of hydrogen-bond acceptors (Lipinski definition) is 10. The summed E-state index contributed by atoms with van der Waals surface area (Å²) in [4.78, 5) is 40.1. The summed E-state index contributed by atoms with van der Waals surface area (Å²) in [6, 6.07) is 15.8. The van der Waals surface area contributed by atoms with Gasteiger partial charge in [0.1, 0.15) is 11.2 Å². The van der Waals surface area contributed by atoms with Crippen molar-refractivity contribution in [3.05, 3.63) is 70.8 Å². The Morgan fingerprint density at radius 3 is 1.38 bits per heavy atom. The maximum atomic E-state index is 12.1. The van der Waals surface area contributed by atoms with Gasteiger partial charge in [0, 0.05) is 39.3 Å². The number of hydrogen-bond donors (Lipinski definition) is 4. The van der Waals surface area contributed by atoms with Gasteiger partial charge in [-0.15, -0.1) is 0 Å². The lowest BCUT2D eigenvalue weighted by atomic mass is 10.1. The zero-order valence-corrected chi connectivity index (χ0v) is 27.8. The summed E-state index contributed by atoms with van der Waals surface area (Å²) in [5.74, 6) is 1.47. The van der Waals surface area contributed by atoms with Gasteiger partial charge in [-0.1, -0.05) is 48.5 Å². The van der Waals surface area contributed by atoms with Gasteiger partial charge >= 0.3 is 12.2 Å². The molecule has 3 aromatic rings. The lowest BCUT2D eigenvalue weighted by Gasteiger charge is -2.20. The van der Waals surface area contributed by atoms with Crippen molar-refractivity contribution in [2.24, 2.45) is 0 Å². The summed E-state index contributed by atoms with van der Waals surface area (Å²) in [6.45, 7) is 18.3. The van der Waals surface area contributed by atoms with E-state index in [9.17, 15) is 9.59 Å². The minimum atomic E-state index is -0.553. The Labute approximate surface area is 266 Å². The Kier molecular flexibility index (Phi) is 12.3. The van der Waals surface area contributed by atoms with Crippen molar-refractivity contribution < 1.29 is 19.1 Å². The van der Waals surface area contributed by atoms with Gasteiger partial charge in [0.2, 0.25) is 17.8 Å². The predicted octanol–water partition coefficient (Wildman–Crippen LogP) is 5.99. The highest BCUT2D eigenvalue weighted by Crippen LogP contribution is 2.17. The second-order valence-corrected chi connectivity index (χ2v) is 12.5. The molecule has 3 rings (SSSR count). The van der Waals surface area contributed by atoms with Crippen LogP contribution < -0.4 is 26.2 Å². The molecule has 1 heterocycles. The molecule has 0 spiro atoms. The predicted molar refractivity (Wildman–Crippen MR) is 177 cm³/mol. The van der Waals surface area contributed by atoms with E-state index >= 15 is 0 Å². The van der Waals surface area contributed by atoms with E-state index in [1.165, 1.54) is 0 Å². The highest BCUT2D eigenvalue weighted by molar-refractivity contribution is 5.68. The second kappa shape index (κ2) is 15.9. The summed E-state index contributed by atoms with van der Waals surface area (Å²) < 4.78 is 10.7. The molecule has 2 aromatic carbocycles. The Balaban J connectivity index is 1.66. The number of benzene rings is 2. The van der Waals surface area contributed by atoms with Gasteiger partial charge in [-0.25, -0.2) is 9.59 Å². The fourth-order valence-corrected chi connectivity index (χ4v) is 4.21. The van der Waals surface area contributed by atoms with Crippen molar-refractivity contribution in [1.82, 2.24) is 25.6 Å². The number of ether oxygens (including phenoxy) is 2. The molecule has 12 nitrogen and oxygen atoms in total. The Morgan fingerprint density at radius 1 is 0.644 bits per heavy atom. The van der Waals surface area contributed by atoms with Gasteiger partial charge < -0.3 is 35.6 Å². The van der Waals surface area contributed by atoms with Gasteiger partial charge in [0.05, 0.1) is 0 Å². The Bertz CT molecular complexity index is 1320. The smallest absolute Gasteiger partial charge is 0.407 e. The standard InChI is InChI=1S/C33H48N8O4/c1-9-41(10-2)29-39-27(34-19-23-13-11-15-25(17-23)21-36-30(42)44-32(3,4)5)38-28(40-29)35-20-24-14-12-16-26(18-24)22-37-31(43)45-33(6,7)8/h11-18H,9-10,19-22H2,1-8H3,(H,36,42)(H,37,43)(H2,34,35,38,39,40). The fraction of sp³-hybridized carbons (Fsp3) is 0.485. The van der Waals surface area contributed by atoms with Crippen molar-refractivity contribution in [2.75, 3.05) is 28.6 Å². The van der Waals surface area contributed by atoms with E-state index in [0.29, 0.717) is 44.0 Å². The summed E-state index contributed by atoms with van der Waals surface area (Å²) in [7, 11) is 0. The number of carbonyl (C=O) groups is 2. The molecule has 0 aliphatic heterocycles. The molecule has 12 heteroatoms. The zero-order valence-electron chi connectivity index (χ0n) is 27.8. The highest BCUT2D eigenvalue weighted by atomic mass is 16.6. The highest BCUT2D eigenvalue weighted by Gasteiger charge is 2.17. The summed E-state index contributed by atoms with van der Waals surface area (Å²) >= 11 is 0. The van der Waals surface area contributed by atoms with Crippen LogP contribution in [0.2, 0.25) is 0 Å². The molecule has 4 N–H and O–H groups in total. The molecule has 0 radical (unpaired) electrons. The van der Waals surface area contributed by atoms with Crippen LogP contribution in [0, 0.1) is 0 Å². The third kappa shape index (κ3) is 12.9. The third-order valence-electron chi connectivity index (χ3n) is 6.23. The molecule has 0 bridgehead atoms. The van der Waals surface area contributed by atoms with E-state index in [1.807, 2.05) is 90.1 Å². The lowest BCUT2D eigenvalue weighted by molar-refractivity contribution is 0.0512. The third-order valence-corrected chi connectivity index (χ3v) is 6.23. The Morgan fingerprint density at radius 2 is 1.02 bits per heavy atom. The Hall–Kier alpha value is -4.61. The lowest BCUT2D eigenvalue weighted by Crippen LogP contribution is -2.32. The number of nitrogens with one attached hydrogen (secondary N) is 4. The van der Waals surface area contributed by atoms with Crippen LogP contribution in [0.4, 0.5) is 27.4 Å². The fourth-order valence-electron chi connectivity index (χ4n) is 4.21. The molecule has 0 saturated carbocycles. The normalized spacial score (nSPS) is 11.4. The molecule has 2 amide bonds. The molecule has 45 heavy (non-hydrogen) atoms. The van der Waals surface area contributed by atoms with Crippen molar-refractivity contribution in [3.63, 3.8) is 0 Å². The van der Waals surface area contributed by atoms with E-state index in [-0.39, 0.29) is 0 Å². The minimum absolute atomic E-state index is 0.354. The molecule has 0 fully saturated rings. The monoisotopic (exact) mass is 620 g/mol. The van der Waals surface area contributed by atoms with Gasteiger partial charge in [0.15, 0.2) is 0 Å². The van der Waals surface area contributed by atoms with Crippen LogP contribution >= 0.6 is 0 Å². The van der Waals surface area contributed by atoms with E-state index in [1.54, 1.807) is 0 Å². The van der Waals surface area contributed by atoms with Gasteiger partial charge in [0.25, 0.3) is 0 Å². The first-order valence-corrected chi connectivity index (χ1v) is 15.3. The number of carbonyl (C=O) groups excluding carboxylic acids is 2. The van der Waals surface area contributed by atoms with E-state index in [2.05, 4.69) is 55.0 Å². The van der Waals surface area contributed by atoms with E-state index in [4.69, 9.17) is 9.47 Å². The quantitative estimate of drug-likeness (QED) is 0.180. The van der Waals surface area contributed by atoms with Crippen molar-refractivity contribution in [3.8, 4) is 0 Å². The largest absolute Gasteiger partial charge is 0.444 e. The maximum Gasteiger partial charge on any atom is 0.407 e. The molecule has 244 valence electrons. The number of anilines is 3. The molecule has 0 aliphatic carbocycles. The average molecular weight is 621 g/mol. The zero-order chi connectivity index (χ0) is 33.0. The first-order valence-electron chi connectivity index (χ1n) is 15.3. The van der Waals surface area contributed by atoms with Crippen molar-refractivity contribution >= 4 is 30.0 Å². The molecule has 0 atom stereocenters. The topological polar surface area (TPSA) is 143 Å². The summed E-state index contributed by atoms with van der Waals surface area (Å²) in [6.07, 6.45) is -0.909. The van der Waals surface area contributed by atoms with Crippen molar-refractivity contribution in [1.29, 1.82) is 0 Å². The van der Waals surface area contributed by atoms with Crippen LogP contribution in [-0.2, 0) is 35.7 Å². The first kappa shape index (κ1) is 34.9. The van der Waals surface area contributed by atoms with E-state index in [0.717, 1.165) is 35.3 Å². The number of amides is 2. The minimum Gasteiger partial charge on any atom is -0.444 e. The molecule has 0 aliphatic rings. The SMILES string of the molecule is CCN(CC)c1nc(NCc2cccc(CNC(=O)OC(C)(C)C)c2)nc(NCc2cccc(CNC(=O)OC(C)(C)C)c2)n1. The molecular weight excluding hydrogens is 572 g/mol. The summed E-state index contributed by atoms with van der Waals surface area (Å²) in [5.41, 5.74) is 2.81. The maximum absolute atomic E-state index is 12.1. The average Bonchev–Trinajstić information content (AvgIpc) is 2.96. The van der Waals surface area contributed by atoms with Gasteiger partial charge in [-0.05, 0) is 77.6 Å². The van der Waals surface area contributed by atoms with Crippen LogP contribution in [0.5, 0.6) is 0 Å². The summed E-state index contributed by atoms with van der Waals surface area (Å²) in [5, 5.41) is 12.2. The van der Waals surface area contributed by atoms with Crippen LogP contribution in [0.25, 0.3) is 0 Å². The van der Waals surface area contributed by atoms with Gasteiger partial charge in [-0.3, -0.25) is 0 Å². The molecule has 0 unspecified atom stereocenters. The number of alkyl carbamates (subject to hydrolysis) is 2. The van der Waals surface area contributed by atoms with Gasteiger partial charge in [-0.2, -0.15) is 15.0 Å². The van der Waals surface area contributed by atoms with Crippen LogP contribution in [-0.4, -0.2) is 51.4 Å². The molecule has 1 aromatic heterocycles. The van der Waals surface area contributed by atoms with Crippen LogP contribution in [0.15, 0.2) is 48.5 Å². The second-order valence-electron chi connectivity index (χ2n) is 12.5. The number of aromatic nitrogens is 3. The van der Waals surface area contributed by atoms with Crippen LogP contribution in [0.3, 0.4) is 0 Å². The number of nitrogens with zero attached hydrogens (tertiary/aromatic N) is 4.